The highest BCUT2D eigenvalue weighted by atomic mass is 35.5. The van der Waals surface area contributed by atoms with Gasteiger partial charge in [-0.1, -0.05) is 35.9 Å². The molecule has 2 aliphatic rings. The van der Waals surface area contributed by atoms with Crippen LogP contribution in [0.3, 0.4) is 0 Å². The van der Waals surface area contributed by atoms with Gasteiger partial charge in [0.25, 0.3) is 0 Å². The van der Waals surface area contributed by atoms with Gasteiger partial charge in [-0.3, -0.25) is 4.79 Å². The lowest BCUT2D eigenvalue weighted by Gasteiger charge is -2.20. The van der Waals surface area contributed by atoms with E-state index >= 15 is 0 Å². The Kier molecular flexibility index (Phi) is 6.79. The van der Waals surface area contributed by atoms with Crippen molar-refractivity contribution >= 4 is 27.5 Å². The number of hydrogen-bond donors (Lipinski definition) is 1. The summed E-state index contributed by atoms with van der Waals surface area (Å²) in [6.07, 6.45) is 0. The predicted molar refractivity (Wildman–Crippen MR) is 134 cm³/mol. The smallest absolute Gasteiger partial charge is 0.243 e. The molecule has 1 N–H and O–H groups in total. The third kappa shape index (κ3) is 4.74. The molecule has 0 radical (unpaired) electrons. The number of methoxy groups -OCH3 is 1. The molecule has 3 aromatic carbocycles. The van der Waals surface area contributed by atoms with E-state index in [0.29, 0.717) is 22.3 Å². The molecule has 36 heavy (non-hydrogen) atoms. The molecule has 8 nitrogen and oxygen atoms in total. The Morgan fingerprint density at radius 2 is 1.81 bits per heavy atom. The Labute approximate surface area is 214 Å². The molecule has 0 aromatic heterocycles. The summed E-state index contributed by atoms with van der Waals surface area (Å²) in [5, 5.41) is 3.42. The van der Waals surface area contributed by atoms with Crippen LogP contribution in [0.1, 0.15) is 17.0 Å². The summed E-state index contributed by atoms with van der Waals surface area (Å²) >= 11 is 5.95. The number of nitrogens with zero attached hydrogens (tertiary/aromatic N) is 1. The zero-order valence-electron chi connectivity index (χ0n) is 19.5. The topological polar surface area (TPSA) is 94.2 Å². The number of hydrogen-bond acceptors (Lipinski definition) is 6. The van der Waals surface area contributed by atoms with Gasteiger partial charge in [-0.15, -0.1) is 0 Å². The molecule has 0 unspecified atom stereocenters. The second-order valence-electron chi connectivity index (χ2n) is 8.64. The van der Waals surface area contributed by atoms with Gasteiger partial charge >= 0.3 is 0 Å². The van der Waals surface area contributed by atoms with Crippen molar-refractivity contribution in [1.29, 1.82) is 0 Å². The number of carbonyl (C=O) groups excluding carboxylic acids is 1. The van der Waals surface area contributed by atoms with Crippen LogP contribution in [0.5, 0.6) is 17.2 Å². The minimum Gasteiger partial charge on any atom is -0.496 e. The van der Waals surface area contributed by atoms with E-state index in [9.17, 15) is 13.2 Å². The van der Waals surface area contributed by atoms with Gasteiger partial charge in [-0.25, -0.2) is 8.42 Å². The average Bonchev–Trinajstić information content (AvgIpc) is 3.55. The van der Waals surface area contributed by atoms with Crippen LogP contribution in [0.2, 0.25) is 5.02 Å². The molecule has 0 aliphatic carbocycles. The maximum absolute atomic E-state index is 13.4. The first-order valence-electron chi connectivity index (χ1n) is 11.4. The minimum absolute atomic E-state index is 0.0423. The van der Waals surface area contributed by atoms with E-state index in [4.69, 9.17) is 25.8 Å². The molecule has 2 heterocycles. The maximum atomic E-state index is 13.4. The number of ether oxygens (including phenoxy) is 3. The van der Waals surface area contributed by atoms with Gasteiger partial charge in [0, 0.05) is 30.6 Å². The van der Waals surface area contributed by atoms with E-state index in [2.05, 4.69) is 5.32 Å². The van der Waals surface area contributed by atoms with Gasteiger partial charge in [0.1, 0.15) is 5.75 Å². The van der Waals surface area contributed by atoms with Crippen LogP contribution in [-0.2, 0) is 21.4 Å². The molecular formula is C26H25ClN2O6S. The lowest BCUT2D eigenvalue weighted by atomic mass is 9.87. The summed E-state index contributed by atoms with van der Waals surface area (Å²) in [6.45, 7) is 0.633. The molecule has 3 aromatic rings. The van der Waals surface area contributed by atoms with E-state index in [1.54, 1.807) is 13.2 Å². The lowest BCUT2D eigenvalue weighted by Crippen LogP contribution is -2.35. The summed E-state index contributed by atoms with van der Waals surface area (Å²) < 4.78 is 44.5. The summed E-state index contributed by atoms with van der Waals surface area (Å²) in [7, 11) is -2.27. The Bertz CT molecular complexity index is 1380. The fourth-order valence-electron chi connectivity index (χ4n) is 4.64. The van der Waals surface area contributed by atoms with Crippen molar-refractivity contribution in [2.75, 3.05) is 27.0 Å². The average molecular weight is 529 g/mol. The number of sulfonamides is 1. The fourth-order valence-corrected chi connectivity index (χ4v) is 6.26. The van der Waals surface area contributed by atoms with Crippen molar-refractivity contribution in [1.82, 2.24) is 9.62 Å². The Morgan fingerprint density at radius 1 is 1.06 bits per heavy atom. The highest BCUT2D eigenvalue weighted by Crippen LogP contribution is 2.40. The van der Waals surface area contributed by atoms with Crippen molar-refractivity contribution in [3.63, 3.8) is 0 Å². The summed E-state index contributed by atoms with van der Waals surface area (Å²) in [6, 6.07) is 18.9. The second kappa shape index (κ2) is 10.0. The van der Waals surface area contributed by atoms with Crippen LogP contribution in [0.15, 0.2) is 71.6 Å². The van der Waals surface area contributed by atoms with Gasteiger partial charge in [0.05, 0.1) is 17.9 Å². The first-order chi connectivity index (χ1) is 17.4. The molecule has 0 spiro atoms. The van der Waals surface area contributed by atoms with Crippen molar-refractivity contribution in [3.8, 4) is 17.2 Å². The summed E-state index contributed by atoms with van der Waals surface area (Å²) in [5.74, 6) is 0.673. The number of carbonyl (C=O) groups is 1. The highest BCUT2D eigenvalue weighted by molar-refractivity contribution is 7.89. The zero-order valence-corrected chi connectivity index (χ0v) is 21.1. The molecule has 5 rings (SSSR count). The quantitative estimate of drug-likeness (QED) is 0.501. The van der Waals surface area contributed by atoms with E-state index in [1.165, 1.54) is 28.6 Å². The maximum Gasteiger partial charge on any atom is 0.243 e. The number of amides is 1. The molecular weight excluding hydrogens is 504 g/mol. The van der Waals surface area contributed by atoms with Crippen molar-refractivity contribution in [3.05, 3.63) is 82.9 Å². The first kappa shape index (κ1) is 24.4. The number of nitrogens with one attached hydrogen (secondary N) is 1. The van der Waals surface area contributed by atoms with E-state index < -0.39 is 15.9 Å². The van der Waals surface area contributed by atoms with Crippen LogP contribution in [0.4, 0.5) is 0 Å². The molecule has 1 saturated heterocycles. The third-order valence-corrected chi connectivity index (χ3v) is 8.61. The van der Waals surface area contributed by atoms with Crippen LogP contribution in [-0.4, -0.2) is 45.6 Å². The second-order valence-corrected chi connectivity index (χ2v) is 11.0. The SMILES string of the molecule is COc1ccccc1[C@H]1CN(S(=O)(=O)c2ccc(Cl)cc2)C[C@H]1C(=O)NCc1ccc2c(c1)OCO2. The van der Waals surface area contributed by atoms with Crippen molar-refractivity contribution < 1.29 is 27.4 Å². The van der Waals surface area contributed by atoms with E-state index in [1.807, 2.05) is 36.4 Å². The highest BCUT2D eigenvalue weighted by Gasteiger charge is 2.44. The van der Waals surface area contributed by atoms with Gasteiger partial charge in [0.15, 0.2) is 11.5 Å². The third-order valence-electron chi connectivity index (χ3n) is 6.52. The number of para-hydroxylation sites is 1. The van der Waals surface area contributed by atoms with E-state index in [0.717, 1.165) is 11.1 Å². The van der Waals surface area contributed by atoms with Gasteiger partial charge < -0.3 is 19.5 Å². The molecule has 0 bridgehead atoms. The number of fused-ring (bicyclic) bond motifs is 1. The number of benzene rings is 3. The van der Waals surface area contributed by atoms with Gasteiger partial charge in [-0.05, 0) is 53.6 Å². The number of rotatable bonds is 7. The van der Waals surface area contributed by atoms with Crippen molar-refractivity contribution in [2.45, 2.75) is 17.4 Å². The van der Waals surface area contributed by atoms with Crippen LogP contribution < -0.4 is 19.5 Å². The van der Waals surface area contributed by atoms with E-state index in [-0.39, 0.29) is 43.1 Å². The van der Waals surface area contributed by atoms with Crippen LogP contribution in [0, 0.1) is 5.92 Å². The molecule has 1 fully saturated rings. The summed E-state index contributed by atoms with van der Waals surface area (Å²) in [5.41, 5.74) is 1.64. The Balaban J connectivity index is 1.40. The molecule has 10 heteroatoms. The molecule has 1 amide bonds. The predicted octanol–water partition coefficient (Wildman–Crippen LogP) is 3.80. The monoisotopic (exact) mass is 528 g/mol. The fraction of sp³-hybridized carbons (Fsp3) is 0.269. The van der Waals surface area contributed by atoms with Gasteiger partial charge in [-0.2, -0.15) is 4.31 Å². The Morgan fingerprint density at radius 3 is 2.58 bits per heavy atom. The van der Waals surface area contributed by atoms with Crippen molar-refractivity contribution in [2.24, 2.45) is 5.92 Å². The minimum atomic E-state index is -3.83. The number of halogens is 1. The molecule has 2 atom stereocenters. The Hall–Kier alpha value is -3.27. The van der Waals surface area contributed by atoms with Crippen LogP contribution >= 0.6 is 11.6 Å². The largest absolute Gasteiger partial charge is 0.496 e. The zero-order chi connectivity index (χ0) is 25.3. The van der Waals surface area contributed by atoms with Gasteiger partial charge in [0.2, 0.25) is 22.7 Å². The lowest BCUT2D eigenvalue weighted by molar-refractivity contribution is -0.125. The molecule has 188 valence electrons. The van der Waals surface area contributed by atoms with Crippen LogP contribution in [0.25, 0.3) is 0 Å². The first-order valence-corrected chi connectivity index (χ1v) is 13.2. The molecule has 0 saturated carbocycles. The summed E-state index contributed by atoms with van der Waals surface area (Å²) in [4.78, 5) is 13.6. The standard InChI is InChI=1S/C26H25ClN2O6S/c1-33-23-5-3-2-4-20(23)21-14-29(36(31,32)19-9-7-18(27)8-10-19)15-22(21)26(30)28-13-17-6-11-24-25(12-17)35-16-34-24/h2-12,21-22H,13-16H2,1H3,(H,28,30)/t21-,22-/m1/s1. The normalized spacial score (nSPS) is 19.3. The molecule has 2 aliphatic heterocycles.